The molecule has 3 heterocycles. The van der Waals surface area contributed by atoms with Crippen LogP contribution in [0.3, 0.4) is 0 Å². The van der Waals surface area contributed by atoms with Crippen LogP contribution in [0.15, 0.2) is 36.4 Å². The van der Waals surface area contributed by atoms with Crippen LogP contribution in [-0.2, 0) is 4.79 Å². The Labute approximate surface area is 190 Å². The highest BCUT2D eigenvalue weighted by Crippen LogP contribution is 2.39. The van der Waals surface area contributed by atoms with Gasteiger partial charge in [-0.2, -0.15) is 5.10 Å². The Morgan fingerprint density at radius 1 is 0.844 bits per heavy atom. The Balaban J connectivity index is 1.22. The predicted molar refractivity (Wildman–Crippen MR) is 123 cm³/mol. The molecule has 1 aromatic heterocycles. The zero-order valence-corrected chi connectivity index (χ0v) is 18.8. The van der Waals surface area contributed by atoms with Gasteiger partial charge in [0.05, 0.1) is 17.9 Å². The zero-order chi connectivity index (χ0) is 21.9. The summed E-state index contributed by atoms with van der Waals surface area (Å²) in [5, 5.41) is 4.78. The molecule has 3 fully saturated rings. The fourth-order valence-corrected chi connectivity index (χ4v) is 4.78. The summed E-state index contributed by atoms with van der Waals surface area (Å²) in [4.78, 5) is 32.3. The molecule has 1 aliphatic carbocycles. The van der Waals surface area contributed by atoms with E-state index in [0.29, 0.717) is 31.2 Å². The van der Waals surface area contributed by atoms with Crippen LogP contribution in [0, 0.1) is 0 Å². The summed E-state index contributed by atoms with van der Waals surface area (Å²) >= 11 is 0. The van der Waals surface area contributed by atoms with E-state index >= 15 is 0 Å². The molecular formula is C25H33N5O2. The first-order chi connectivity index (χ1) is 15.7. The maximum atomic E-state index is 13.4. The van der Waals surface area contributed by atoms with E-state index in [1.807, 2.05) is 50.9 Å². The van der Waals surface area contributed by atoms with Crippen molar-refractivity contribution < 1.29 is 9.59 Å². The highest BCUT2D eigenvalue weighted by atomic mass is 16.2. The van der Waals surface area contributed by atoms with Gasteiger partial charge in [-0.1, -0.05) is 31.0 Å². The molecule has 0 radical (unpaired) electrons. The molecule has 0 unspecified atom stereocenters. The number of benzene rings is 1. The van der Waals surface area contributed by atoms with Crippen molar-refractivity contribution in [3.63, 3.8) is 0 Å². The van der Waals surface area contributed by atoms with Crippen LogP contribution in [0.2, 0.25) is 0 Å². The molecule has 32 heavy (non-hydrogen) atoms. The van der Waals surface area contributed by atoms with Crippen molar-refractivity contribution in [3.8, 4) is 5.69 Å². The van der Waals surface area contributed by atoms with Crippen LogP contribution >= 0.6 is 0 Å². The molecule has 3 aliphatic rings. The summed E-state index contributed by atoms with van der Waals surface area (Å²) in [6.07, 6.45) is 7.00. The number of rotatable bonds is 5. The first-order valence-electron chi connectivity index (χ1n) is 12.1. The van der Waals surface area contributed by atoms with Gasteiger partial charge in [-0.3, -0.25) is 14.5 Å². The summed E-state index contributed by atoms with van der Waals surface area (Å²) < 4.78 is 1.81. The Hall–Kier alpha value is -2.67. The number of carbonyl (C=O) groups is 2. The summed E-state index contributed by atoms with van der Waals surface area (Å²) in [6.45, 7) is 5.01. The number of piperazine rings is 1. The van der Waals surface area contributed by atoms with Gasteiger partial charge >= 0.3 is 0 Å². The Bertz CT molecular complexity index is 936. The number of nitrogens with zero attached hydrogens (tertiary/aromatic N) is 5. The second kappa shape index (κ2) is 9.45. The Morgan fingerprint density at radius 3 is 2.19 bits per heavy atom. The SMILES string of the molecule is O=C(CN1CCN(C(=O)c2cc(C3CC3)nn2-c2ccccc2)CC1)N1CCCCCC1. The van der Waals surface area contributed by atoms with Gasteiger partial charge in [-0.25, -0.2) is 4.68 Å². The van der Waals surface area contributed by atoms with Gasteiger partial charge in [0.25, 0.3) is 5.91 Å². The van der Waals surface area contributed by atoms with Gasteiger partial charge in [0.15, 0.2) is 0 Å². The second-order valence-electron chi connectivity index (χ2n) is 9.34. The molecule has 0 spiro atoms. The van der Waals surface area contributed by atoms with E-state index in [-0.39, 0.29) is 11.8 Å². The first kappa shape index (κ1) is 21.2. The van der Waals surface area contributed by atoms with Crippen molar-refractivity contribution in [2.24, 2.45) is 0 Å². The predicted octanol–water partition coefficient (Wildman–Crippen LogP) is 2.91. The fourth-order valence-electron chi connectivity index (χ4n) is 4.78. The van der Waals surface area contributed by atoms with Crippen molar-refractivity contribution >= 4 is 11.8 Å². The van der Waals surface area contributed by atoms with Gasteiger partial charge in [0, 0.05) is 45.2 Å². The molecule has 2 aromatic rings. The smallest absolute Gasteiger partial charge is 0.272 e. The molecule has 1 aromatic carbocycles. The summed E-state index contributed by atoms with van der Waals surface area (Å²) in [6, 6.07) is 11.9. The highest BCUT2D eigenvalue weighted by Gasteiger charge is 2.31. The van der Waals surface area contributed by atoms with E-state index in [9.17, 15) is 9.59 Å². The fraction of sp³-hybridized carbons (Fsp3) is 0.560. The molecule has 7 heteroatoms. The van der Waals surface area contributed by atoms with Crippen molar-refractivity contribution in [2.75, 3.05) is 45.8 Å². The maximum Gasteiger partial charge on any atom is 0.272 e. The highest BCUT2D eigenvalue weighted by molar-refractivity contribution is 5.93. The van der Waals surface area contributed by atoms with E-state index in [1.165, 1.54) is 12.8 Å². The van der Waals surface area contributed by atoms with Crippen LogP contribution < -0.4 is 0 Å². The molecule has 0 atom stereocenters. The minimum absolute atomic E-state index is 0.0340. The van der Waals surface area contributed by atoms with Crippen molar-refractivity contribution in [2.45, 2.75) is 44.4 Å². The molecule has 2 amide bonds. The molecule has 2 saturated heterocycles. The number of carbonyl (C=O) groups excluding carboxylic acids is 2. The Morgan fingerprint density at radius 2 is 1.53 bits per heavy atom. The lowest BCUT2D eigenvalue weighted by molar-refractivity contribution is -0.132. The van der Waals surface area contributed by atoms with Gasteiger partial charge in [-0.15, -0.1) is 0 Å². The normalized spacial score (nSPS) is 20.2. The minimum Gasteiger partial charge on any atom is -0.342 e. The molecule has 0 N–H and O–H groups in total. The monoisotopic (exact) mass is 435 g/mol. The lowest BCUT2D eigenvalue weighted by atomic mass is 10.2. The first-order valence-corrected chi connectivity index (χ1v) is 12.1. The molecule has 0 bridgehead atoms. The average Bonchev–Trinajstić information content (AvgIpc) is 3.63. The van der Waals surface area contributed by atoms with Gasteiger partial charge in [0.1, 0.15) is 5.69 Å². The number of aromatic nitrogens is 2. The van der Waals surface area contributed by atoms with Gasteiger partial charge in [0.2, 0.25) is 5.91 Å². The summed E-state index contributed by atoms with van der Waals surface area (Å²) in [5.41, 5.74) is 2.59. The second-order valence-corrected chi connectivity index (χ2v) is 9.34. The van der Waals surface area contributed by atoms with Gasteiger partial charge < -0.3 is 9.80 Å². The maximum absolute atomic E-state index is 13.4. The van der Waals surface area contributed by atoms with Crippen LogP contribution in [0.1, 0.15) is 60.6 Å². The third kappa shape index (κ3) is 4.72. The summed E-state index contributed by atoms with van der Waals surface area (Å²) in [5.74, 6) is 0.767. The standard InChI is InChI=1S/C25H33N5O2/c31-24(28-12-6-1-2-7-13-28)19-27-14-16-29(17-15-27)25(32)23-18-22(20-10-11-20)26-30(23)21-8-4-3-5-9-21/h3-5,8-9,18,20H,1-2,6-7,10-17,19H2. The minimum atomic E-state index is 0.0340. The molecule has 5 rings (SSSR count). The van der Waals surface area contributed by atoms with E-state index in [1.54, 1.807) is 0 Å². The van der Waals surface area contributed by atoms with E-state index in [0.717, 1.165) is 63.2 Å². The van der Waals surface area contributed by atoms with Crippen molar-refractivity contribution in [1.82, 2.24) is 24.5 Å². The largest absolute Gasteiger partial charge is 0.342 e. The number of hydrogen-bond donors (Lipinski definition) is 0. The number of para-hydroxylation sites is 1. The van der Waals surface area contributed by atoms with E-state index in [4.69, 9.17) is 5.10 Å². The third-order valence-corrected chi connectivity index (χ3v) is 6.92. The van der Waals surface area contributed by atoms with Crippen LogP contribution in [0.4, 0.5) is 0 Å². The summed E-state index contributed by atoms with van der Waals surface area (Å²) in [7, 11) is 0. The van der Waals surface area contributed by atoms with E-state index < -0.39 is 0 Å². The Kier molecular flexibility index (Phi) is 6.26. The van der Waals surface area contributed by atoms with Crippen LogP contribution in [0.25, 0.3) is 5.69 Å². The molecule has 2 aliphatic heterocycles. The topological polar surface area (TPSA) is 61.7 Å². The molecule has 7 nitrogen and oxygen atoms in total. The van der Waals surface area contributed by atoms with E-state index in [2.05, 4.69) is 4.90 Å². The molecule has 1 saturated carbocycles. The zero-order valence-electron chi connectivity index (χ0n) is 18.8. The van der Waals surface area contributed by atoms with Crippen LogP contribution in [0.5, 0.6) is 0 Å². The number of amides is 2. The lowest BCUT2D eigenvalue weighted by Crippen LogP contribution is -2.51. The number of hydrogen-bond acceptors (Lipinski definition) is 4. The number of likely N-dealkylation sites (tertiary alicyclic amines) is 1. The lowest BCUT2D eigenvalue weighted by Gasteiger charge is -2.35. The average molecular weight is 436 g/mol. The van der Waals surface area contributed by atoms with Crippen molar-refractivity contribution in [3.05, 3.63) is 47.8 Å². The van der Waals surface area contributed by atoms with Crippen molar-refractivity contribution in [1.29, 1.82) is 0 Å². The van der Waals surface area contributed by atoms with Gasteiger partial charge in [-0.05, 0) is 43.9 Å². The van der Waals surface area contributed by atoms with Crippen LogP contribution in [-0.4, -0.2) is 82.1 Å². The molecule has 170 valence electrons. The third-order valence-electron chi connectivity index (χ3n) is 6.92. The molecular weight excluding hydrogens is 402 g/mol. The quantitative estimate of drug-likeness (QED) is 0.725.